The van der Waals surface area contributed by atoms with Gasteiger partial charge in [-0.25, -0.2) is 0 Å². The van der Waals surface area contributed by atoms with E-state index in [1.165, 1.54) is 18.4 Å². The second kappa shape index (κ2) is 6.81. The molecule has 0 aliphatic rings. The Labute approximate surface area is 113 Å². The van der Waals surface area contributed by atoms with Crippen LogP contribution in [0.4, 0.5) is 0 Å². The van der Waals surface area contributed by atoms with E-state index >= 15 is 0 Å². The van der Waals surface area contributed by atoms with E-state index in [9.17, 15) is 5.26 Å². The van der Waals surface area contributed by atoms with Crippen LogP contribution in [-0.4, -0.2) is 0 Å². The van der Waals surface area contributed by atoms with Crippen molar-refractivity contribution in [1.82, 2.24) is 0 Å². The van der Waals surface area contributed by atoms with Crippen molar-refractivity contribution in [3.63, 3.8) is 0 Å². The first-order chi connectivity index (χ1) is 8.10. The molecule has 1 nitrogen and oxygen atoms in total. The van der Waals surface area contributed by atoms with Gasteiger partial charge in [0.2, 0.25) is 0 Å². The lowest BCUT2D eigenvalue weighted by Crippen LogP contribution is -2.16. The minimum Gasteiger partial charge on any atom is -0.198 e. The van der Waals surface area contributed by atoms with Gasteiger partial charge in [0.25, 0.3) is 0 Å². The van der Waals surface area contributed by atoms with Gasteiger partial charge in [0, 0.05) is 10.4 Å². The number of halogens is 1. The monoisotopic (exact) mass is 293 g/mol. The van der Waals surface area contributed by atoms with Gasteiger partial charge in [-0.3, -0.25) is 0 Å². The fourth-order valence-electron chi connectivity index (χ4n) is 2.51. The average Bonchev–Trinajstić information content (AvgIpc) is 2.32. The van der Waals surface area contributed by atoms with E-state index in [0.717, 1.165) is 4.47 Å². The molecular formula is C15H20BrN. The minimum atomic E-state index is 0.0673. The van der Waals surface area contributed by atoms with Crippen LogP contribution >= 0.6 is 15.9 Å². The molecule has 0 aliphatic carbocycles. The van der Waals surface area contributed by atoms with Crippen LogP contribution in [0.3, 0.4) is 0 Å². The van der Waals surface area contributed by atoms with Crippen molar-refractivity contribution in [2.45, 2.75) is 39.5 Å². The Bertz CT molecular complexity index is 377. The maximum absolute atomic E-state index is 9.18. The SMILES string of the molecule is CCCC(C)C(c1ccc(Br)cc1)C(C)C#N. The average molecular weight is 294 g/mol. The summed E-state index contributed by atoms with van der Waals surface area (Å²) in [5, 5.41) is 9.18. The predicted molar refractivity (Wildman–Crippen MR) is 75.7 cm³/mol. The quantitative estimate of drug-likeness (QED) is 0.738. The van der Waals surface area contributed by atoms with Crippen molar-refractivity contribution in [2.24, 2.45) is 11.8 Å². The Morgan fingerprint density at radius 3 is 2.29 bits per heavy atom. The first kappa shape index (κ1) is 14.3. The Balaban J connectivity index is 2.98. The molecular weight excluding hydrogens is 274 g/mol. The molecule has 1 aromatic carbocycles. The predicted octanol–water partition coefficient (Wildman–Crippen LogP) is 5.13. The molecule has 0 saturated heterocycles. The van der Waals surface area contributed by atoms with E-state index in [1.807, 2.05) is 6.92 Å². The van der Waals surface area contributed by atoms with Crippen LogP contribution in [0.25, 0.3) is 0 Å². The highest BCUT2D eigenvalue weighted by Gasteiger charge is 2.24. The Kier molecular flexibility index (Phi) is 5.71. The number of hydrogen-bond donors (Lipinski definition) is 0. The van der Waals surface area contributed by atoms with E-state index in [1.54, 1.807) is 0 Å². The van der Waals surface area contributed by atoms with E-state index in [0.29, 0.717) is 11.8 Å². The van der Waals surface area contributed by atoms with Gasteiger partial charge in [0.1, 0.15) is 0 Å². The number of nitriles is 1. The fraction of sp³-hybridized carbons (Fsp3) is 0.533. The molecule has 1 aromatic rings. The summed E-state index contributed by atoms with van der Waals surface area (Å²) in [6.45, 7) is 6.48. The zero-order valence-corrected chi connectivity index (χ0v) is 12.4. The molecule has 2 heteroatoms. The van der Waals surface area contributed by atoms with Crippen LogP contribution in [0.1, 0.15) is 45.1 Å². The standard InChI is InChI=1S/C15H20BrN/c1-4-5-11(2)15(12(3)10-17)13-6-8-14(16)9-7-13/h6-9,11-12,15H,4-5H2,1-3H3. The van der Waals surface area contributed by atoms with Crippen LogP contribution in [0.2, 0.25) is 0 Å². The van der Waals surface area contributed by atoms with Gasteiger partial charge in [0.15, 0.2) is 0 Å². The van der Waals surface area contributed by atoms with Crippen molar-refractivity contribution in [1.29, 1.82) is 5.26 Å². The molecule has 17 heavy (non-hydrogen) atoms. The fourth-order valence-corrected chi connectivity index (χ4v) is 2.77. The first-order valence-corrected chi connectivity index (χ1v) is 7.04. The second-order valence-electron chi connectivity index (χ2n) is 4.76. The van der Waals surface area contributed by atoms with Crippen LogP contribution in [0.5, 0.6) is 0 Å². The summed E-state index contributed by atoms with van der Waals surface area (Å²) < 4.78 is 1.09. The molecule has 92 valence electrons. The molecule has 0 bridgehead atoms. The maximum Gasteiger partial charge on any atom is 0.0659 e. The maximum atomic E-state index is 9.18. The molecule has 0 N–H and O–H groups in total. The minimum absolute atomic E-state index is 0.0673. The number of hydrogen-bond acceptors (Lipinski definition) is 1. The normalized spacial score (nSPS) is 15.9. The molecule has 0 radical (unpaired) electrons. The summed E-state index contributed by atoms with van der Waals surface area (Å²) in [6.07, 6.45) is 2.35. The van der Waals surface area contributed by atoms with Crippen molar-refractivity contribution in [3.8, 4) is 6.07 Å². The van der Waals surface area contributed by atoms with Gasteiger partial charge >= 0.3 is 0 Å². The highest BCUT2D eigenvalue weighted by molar-refractivity contribution is 9.10. The third-order valence-corrected chi connectivity index (χ3v) is 3.88. The smallest absolute Gasteiger partial charge is 0.0659 e. The van der Waals surface area contributed by atoms with E-state index in [-0.39, 0.29) is 5.92 Å². The van der Waals surface area contributed by atoms with Crippen LogP contribution < -0.4 is 0 Å². The molecule has 0 fully saturated rings. The summed E-state index contributed by atoms with van der Waals surface area (Å²) in [5.41, 5.74) is 1.28. The highest BCUT2D eigenvalue weighted by atomic mass is 79.9. The van der Waals surface area contributed by atoms with Gasteiger partial charge in [-0.15, -0.1) is 0 Å². The Hall–Kier alpha value is -0.810. The Morgan fingerprint density at radius 1 is 1.24 bits per heavy atom. The largest absolute Gasteiger partial charge is 0.198 e. The summed E-state index contributed by atoms with van der Waals surface area (Å²) >= 11 is 3.45. The van der Waals surface area contributed by atoms with E-state index < -0.39 is 0 Å². The third kappa shape index (κ3) is 3.85. The molecule has 0 heterocycles. The second-order valence-corrected chi connectivity index (χ2v) is 5.68. The lowest BCUT2D eigenvalue weighted by Gasteiger charge is -2.26. The van der Waals surface area contributed by atoms with Crippen LogP contribution in [0.15, 0.2) is 28.7 Å². The summed E-state index contributed by atoms with van der Waals surface area (Å²) in [5.74, 6) is 0.960. The van der Waals surface area contributed by atoms with Gasteiger partial charge in [-0.1, -0.05) is 54.8 Å². The van der Waals surface area contributed by atoms with Gasteiger partial charge in [-0.05, 0) is 30.5 Å². The van der Waals surface area contributed by atoms with Crippen molar-refractivity contribution in [2.75, 3.05) is 0 Å². The topological polar surface area (TPSA) is 23.8 Å². The summed E-state index contributed by atoms with van der Waals surface area (Å²) in [4.78, 5) is 0. The highest BCUT2D eigenvalue weighted by Crippen LogP contribution is 2.34. The number of rotatable bonds is 5. The molecule has 0 saturated carbocycles. The van der Waals surface area contributed by atoms with Crippen molar-refractivity contribution >= 4 is 15.9 Å². The van der Waals surface area contributed by atoms with Gasteiger partial charge in [0.05, 0.1) is 12.0 Å². The lowest BCUT2D eigenvalue weighted by atomic mass is 9.77. The molecule has 3 unspecified atom stereocenters. The summed E-state index contributed by atoms with van der Waals surface area (Å²) in [6, 6.07) is 10.8. The molecule has 0 amide bonds. The number of nitrogens with zero attached hydrogens (tertiary/aromatic N) is 1. The molecule has 1 rings (SSSR count). The number of benzene rings is 1. The lowest BCUT2D eigenvalue weighted by molar-refractivity contribution is 0.370. The zero-order chi connectivity index (χ0) is 12.8. The first-order valence-electron chi connectivity index (χ1n) is 6.25. The molecule has 0 aromatic heterocycles. The Morgan fingerprint density at radius 2 is 1.82 bits per heavy atom. The summed E-state index contributed by atoms with van der Waals surface area (Å²) in [7, 11) is 0. The third-order valence-electron chi connectivity index (χ3n) is 3.35. The van der Waals surface area contributed by atoms with Crippen molar-refractivity contribution in [3.05, 3.63) is 34.3 Å². The van der Waals surface area contributed by atoms with Crippen molar-refractivity contribution < 1.29 is 0 Å². The van der Waals surface area contributed by atoms with Gasteiger partial charge < -0.3 is 0 Å². The van der Waals surface area contributed by atoms with Crippen LogP contribution in [-0.2, 0) is 0 Å². The van der Waals surface area contributed by atoms with E-state index in [4.69, 9.17) is 0 Å². The molecule has 0 spiro atoms. The van der Waals surface area contributed by atoms with Crippen LogP contribution in [0, 0.1) is 23.2 Å². The molecule has 0 aliphatic heterocycles. The van der Waals surface area contributed by atoms with Gasteiger partial charge in [-0.2, -0.15) is 5.26 Å². The molecule has 3 atom stereocenters. The van der Waals surface area contributed by atoms with E-state index in [2.05, 4.69) is 60.1 Å². The zero-order valence-electron chi connectivity index (χ0n) is 10.8.